The third kappa shape index (κ3) is 4.84. The highest BCUT2D eigenvalue weighted by molar-refractivity contribution is 7.92. The second-order valence-electron chi connectivity index (χ2n) is 7.97. The van der Waals surface area contributed by atoms with Gasteiger partial charge in [-0.05, 0) is 54.8 Å². The van der Waals surface area contributed by atoms with Crippen LogP contribution in [0, 0.1) is 6.92 Å². The van der Waals surface area contributed by atoms with Gasteiger partial charge >= 0.3 is 0 Å². The van der Waals surface area contributed by atoms with Gasteiger partial charge in [-0.15, -0.1) is 0 Å². The van der Waals surface area contributed by atoms with Crippen LogP contribution in [0.2, 0.25) is 5.02 Å². The van der Waals surface area contributed by atoms with E-state index in [1.807, 2.05) is 25.1 Å². The Labute approximate surface area is 199 Å². The maximum Gasteiger partial charge on any atom is 0.264 e. The molecular formula is C25H25ClN2O4S. The molecule has 0 unspecified atom stereocenters. The number of amides is 1. The van der Waals surface area contributed by atoms with E-state index in [1.54, 1.807) is 29.2 Å². The van der Waals surface area contributed by atoms with Crippen molar-refractivity contribution in [2.24, 2.45) is 0 Å². The van der Waals surface area contributed by atoms with Crippen LogP contribution in [0.15, 0.2) is 71.6 Å². The van der Waals surface area contributed by atoms with Crippen LogP contribution in [0.25, 0.3) is 0 Å². The zero-order chi connectivity index (χ0) is 23.6. The molecular weight excluding hydrogens is 460 g/mol. The number of aryl methyl sites for hydroxylation is 1. The van der Waals surface area contributed by atoms with E-state index in [4.69, 9.17) is 16.3 Å². The van der Waals surface area contributed by atoms with Crippen LogP contribution in [-0.4, -0.2) is 39.4 Å². The van der Waals surface area contributed by atoms with Gasteiger partial charge < -0.3 is 9.64 Å². The number of hydrogen-bond donors (Lipinski definition) is 0. The van der Waals surface area contributed by atoms with Crippen LogP contribution < -0.4 is 9.04 Å². The molecule has 1 aliphatic rings. The molecule has 3 aromatic carbocycles. The number of fused-ring (bicyclic) bond motifs is 1. The van der Waals surface area contributed by atoms with Gasteiger partial charge in [-0.3, -0.25) is 9.10 Å². The summed E-state index contributed by atoms with van der Waals surface area (Å²) in [6.45, 7) is 2.49. The molecule has 0 saturated heterocycles. The number of benzene rings is 3. The number of rotatable bonds is 6. The second kappa shape index (κ2) is 9.45. The minimum absolute atomic E-state index is 0.0897. The number of carbonyl (C=O) groups excluding carboxylic acids is 1. The maximum absolute atomic E-state index is 13.7. The molecule has 0 saturated carbocycles. The molecule has 1 aliphatic heterocycles. The smallest absolute Gasteiger partial charge is 0.264 e. The Kier molecular flexibility index (Phi) is 6.63. The molecule has 0 N–H and O–H groups in total. The molecule has 4 rings (SSSR count). The lowest BCUT2D eigenvalue weighted by molar-refractivity contribution is -0.130. The quantitative estimate of drug-likeness (QED) is 0.519. The topological polar surface area (TPSA) is 66.9 Å². The summed E-state index contributed by atoms with van der Waals surface area (Å²) in [5, 5.41) is 0.342. The third-order valence-electron chi connectivity index (χ3n) is 5.78. The minimum atomic E-state index is -4.07. The van der Waals surface area contributed by atoms with Gasteiger partial charge in [0.05, 0.1) is 17.7 Å². The predicted octanol–water partition coefficient (Wildman–Crippen LogP) is 4.44. The fraction of sp³-hybridized carbons (Fsp3) is 0.240. The summed E-state index contributed by atoms with van der Waals surface area (Å²) < 4.78 is 33.9. The Balaban J connectivity index is 1.71. The van der Waals surface area contributed by atoms with Gasteiger partial charge in [-0.2, -0.15) is 0 Å². The van der Waals surface area contributed by atoms with Crippen LogP contribution in [0.5, 0.6) is 5.75 Å². The van der Waals surface area contributed by atoms with E-state index in [0.29, 0.717) is 23.9 Å². The number of anilines is 1. The van der Waals surface area contributed by atoms with Crippen LogP contribution in [0.4, 0.5) is 5.69 Å². The predicted molar refractivity (Wildman–Crippen MR) is 129 cm³/mol. The molecule has 0 bridgehead atoms. The molecule has 0 fully saturated rings. The van der Waals surface area contributed by atoms with E-state index < -0.39 is 10.0 Å². The molecule has 0 aromatic heterocycles. The molecule has 1 amide bonds. The van der Waals surface area contributed by atoms with Gasteiger partial charge in [0, 0.05) is 18.1 Å². The van der Waals surface area contributed by atoms with Crippen LogP contribution in [0.1, 0.15) is 16.7 Å². The zero-order valence-corrected chi connectivity index (χ0v) is 20.1. The van der Waals surface area contributed by atoms with Crippen molar-refractivity contribution in [2.75, 3.05) is 24.5 Å². The Morgan fingerprint density at radius 2 is 1.76 bits per heavy atom. The number of hydrogen-bond acceptors (Lipinski definition) is 4. The van der Waals surface area contributed by atoms with Gasteiger partial charge in [0.15, 0.2) is 0 Å². The van der Waals surface area contributed by atoms with Crippen molar-refractivity contribution in [3.05, 3.63) is 88.4 Å². The van der Waals surface area contributed by atoms with E-state index in [1.165, 1.54) is 30.9 Å². The molecule has 6 nitrogen and oxygen atoms in total. The summed E-state index contributed by atoms with van der Waals surface area (Å²) in [5.74, 6) is 0.0223. The van der Waals surface area contributed by atoms with E-state index in [9.17, 15) is 13.2 Å². The van der Waals surface area contributed by atoms with Gasteiger partial charge in [0.25, 0.3) is 10.0 Å². The molecule has 0 spiro atoms. The highest BCUT2D eigenvalue weighted by atomic mass is 35.5. The van der Waals surface area contributed by atoms with Crippen molar-refractivity contribution < 1.29 is 17.9 Å². The fourth-order valence-electron chi connectivity index (χ4n) is 3.93. The molecule has 0 aliphatic carbocycles. The van der Waals surface area contributed by atoms with Crippen molar-refractivity contribution in [2.45, 2.75) is 24.8 Å². The van der Waals surface area contributed by atoms with Crippen molar-refractivity contribution in [1.29, 1.82) is 0 Å². The number of ether oxygens (including phenoxy) is 1. The number of methoxy groups -OCH3 is 1. The largest absolute Gasteiger partial charge is 0.495 e. The maximum atomic E-state index is 13.7. The highest BCUT2D eigenvalue weighted by Crippen LogP contribution is 2.35. The van der Waals surface area contributed by atoms with Crippen molar-refractivity contribution in [3.8, 4) is 5.75 Å². The molecule has 33 heavy (non-hydrogen) atoms. The summed E-state index contributed by atoms with van der Waals surface area (Å²) in [7, 11) is -2.62. The third-order valence-corrected chi connectivity index (χ3v) is 7.79. The SMILES string of the molecule is COc1ccc(Cl)cc1N(CC(=O)N1CCc2ccccc2C1)S(=O)(=O)c1ccc(C)cc1. The van der Waals surface area contributed by atoms with E-state index in [2.05, 4.69) is 6.07 Å². The molecule has 172 valence electrons. The first kappa shape index (κ1) is 23.1. The normalized spacial score (nSPS) is 13.4. The van der Waals surface area contributed by atoms with Crippen molar-refractivity contribution in [3.63, 3.8) is 0 Å². The highest BCUT2D eigenvalue weighted by Gasteiger charge is 2.32. The van der Waals surface area contributed by atoms with Gasteiger partial charge in [-0.25, -0.2) is 8.42 Å². The summed E-state index contributed by atoms with van der Waals surface area (Å²) in [5.41, 5.74) is 3.44. The second-order valence-corrected chi connectivity index (χ2v) is 10.3. The number of sulfonamides is 1. The van der Waals surface area contributed by atoms with E-state index >= 15 is 0 Å². The molecule has 8 heteroatoms. The van der Waals surface area contributed by atoms with Crippen LogP contribution >= 0.6 is 11.6 Å². The Hall–Kier alpha value is -3.03. The molecule has 3 aromatic rings. The molecule has 0 atom stereocenters. The minimum Gasteiger partial charge on any atom is -0.495 e. The zero-order valence-electron chi connectivity index (χ0n) is 18.5. The number of carbonyl (C=O) groups is 1. The Bertz CT molecular complexity index is 1280. The van der Waals surface area contributed by atoms with Gasteiger partial charge in [0.1, 0.15) is 12.3 Å². The molecule has 0 radical (unpaired) electrons. The average molecular weight is 485 g/mol. The van der Waals surface area contributed by atoms with Gasteiger partial charge in [0.2, 0.25) is 5.91 Å². The first-order chi connectivity index (χ1) is 15.8. The fourth-order valence-corrected chi connectivity index (χ4v) is 5.51. The standard InChI is InChI=1S/C25H25ClN2O4S/c1-18-7-10-22(11-8-18)33(30,31)28(23-15-21(26)9-12-24(23)32-2)17-25(29)27-14-13-19-5-3-4-6-20(19)16-27/h3-12,15H,13-14,16-17H2,1-2H3. The van der Waals surface area contributed by atoms with E-state index in [-0.39, 0.29) is 23.0 Å². The van der Waals surface area contributed by atoms with E-state index in [0.717, 1.165) is 21.9 Å². The lowest BCUT2D eigenvalue weighted by atomic mass is 10.00. The van der Waals surface area contributed by atoms with Crippen LogP contribution in [0.3, 0.4) is 0 Å². The number of halogens is 1. The summed E-state index contributed by atoms with van der Waals surface area (Å²) in [6, 6.07) is 19.2. The lowest BCUT2D eigenvalue weighted by Gasteiger charge is -2.32. The first-order valence-electron chi connectivity index (χ1n) is 10.6. The monoisotopic (exact) mass is 484 g/mol. The first-order valence-corrected chi connectivity index (χ1v) is 12.4. The summed E-state index contributed by atoms with van der Waals surface area (Å²) >= 11 is 6.20. The Morgan fingerprint density at radius 3 is 2.45 bits per heavy atom. The van der Waals surface area contributed by atoms with Crippen LogP contribution in [-0.2, 0) is 27.8 Å². The van der Waals surface area contributed by atoms with Crippen molar-refractivity contribution in [1.82, 2.24) is 4.90 Å². The lowest BCUT2D eigenvalue weighted by Crippen LogP contribution is -2.44. The Morgan fingerprint density at radius 1 is 1.06 bits per heavy atom. The summed E-state index contributed by atoms with van der Waals surface area (Å²) in [4.78, 5) is 15.1. The average Bonchev–Trinajstić information content (AvgIpc) is 2.82. The van der Waals surface area contributed by atoms with Crippen molar-refractivity contribution >= 4 is 33.2 Å². The number of nitrogens with zero attached hydrogens (tertiary/aromatic N) is 2. The summed E-state index contributed by atoms with van der Waals surface area (Å²) in [6.07, 6.45) is 0.729. The van der Waals surface area contributed by atoms with Gasteiger partial charge in [-0.1, -0.05) is 53.6 Å². The molecule has 1 heterocycles.